The fourth-order valence-electron chi connectivity index (χ4n) is 6.64. The number of amidine groups is 1. The molecular formula is C27H35N7O2. The number of fused-ring (bicyclic) bond motifs is 2. The highest BCUT2D eigenvalue weighted by Crippen LogP contribution is 2.42. The second kappa shape index (κ2) is 8.75. The molecule has 2 aromatic rings. The summed E-state index contributed by atoms with van der Waals surface area (Å²) in [6.45, 7) is 7.87. The van der Waals surface area contributed by atoms with E-state index in [9.17, 15) is 0 Å². The minimum absolute atomic E-state index is 0.108. The highest BCUT2D eigenvalue weighted by molar-refractivity contribution is 6.11. The van der Waals surface area contributed by atoms with E-state index in [1.54, 1.807) is 0 Å². The Morgan fingerprint density at radius 2 is 2.00 bits per heavy atom. The third kappa shape index (κ3) is 3.63. The van der Waals surface area contributed by atoms with E-state index in [-0.39, 0.29) is 17.6 Å². The molecule has 36 heavy (non-hydrogen) atoms. The van der Waals surface area contributed by atoms with Gasteiger partial charge in [-0.2, -0.15) is 0 Å². The van der Waals surface area contributed by atoms with E-state index in [2.05, 4.69) is 28.9 Å². The number of pyridine rings is 1. The first-order valence-electron chi connectivity index (χ1n) is 13.5. The number of nitrogens with zero attached hydrogens (tertiary/aromatic N) is 6. The summed E-state index contributed by atoms with van der Waals surface area (Å²) in [7, 11) is 0. The second-order valence-corrected chi connectivity index (χ2v) is 11.1. The van der Waals surface area contributed by atoms with Crippen LogP contribution in [0, 0.1) is 5.41 Å². The van der Waals surface area contributed by atoms with Crippen molar-refractivity contribution < 1.29 is 9.47 Å². The Hall–Kier alpha value is -2.62. The number of piperidine rings is 1. The largest absolute Gasteiger partial charge is 0.381 e. The Morgan fingerprint density at radius 1 is 1.11 bits per heavy atom. The predicted molar refractivity (Wildman–Crippen MR) is 138 cm³/mol. The molecule has 7 rings (SSSR count). The lowest BCUT2D eigenvalue weighted by molar-refractivity contribution is 0.0974. The number of hydrogen-bond donors (Lipinski definition) is 1. The molecule has 2 N–H and O–H groups in total. The lowest BCUT2D eigenvalue weighted by Crippen LogP contribution is -2.50. The molecule has 0 radical (unpaired) electrons. The minimum Gasteiger partial charge on any atom is -0.381 e. The van der Waals surface area contributed by atoms with E-state index in [0.717, 1.165) is 112 Å². The van der Waals surface area contributed by atoms with Gasteiger partial charge in [0.25, 0.3) is 0 Å². The molecule has 0 aliphatic carbocycles. The zero-order valence-corrected chi connectivity index (χ0v) is 21.0. The van der Waals surface area contributed by atoms with Crippen LogP contribution in [0.3, 0.4) is 0 Å². The molecule has 5 aliphatic rings. The van der Waals surface area contributed by atoms with Crippen LogP contribution in [-0.4, -0.2) is 72.4 Å². The summed E-state index contributed by atoms with van der Waals surface area (Å²) in [4.78, 5) is 24.5. The van der Waals surface area contributed by atoms with Gasteiger partial charge in [0.15, 0.2) is 5.84 Å². The van der Waals surface area contributed by atoms with Crippen LogP contribution in [0.1, 0.15) is 61.3 Å². The highest BCUT2D eigenvalue weighted by Gasteiger charge is 2.47. The first-order valence-corrected chi connectivity index (χ1v) is 13.5. The Morgan fingerprint density at radius 3 is 2.78 bits per heavy atom. The molecule has 0 bridgehead atoms. The van der Waals surface area contributed by atoms with Crippen molar-refractivity contribution in [3.05, 3.63) is 41.1 Å². The van der Waals surface area contributed by atoms with Crippen molar-refractivity contribution in [2.75, 3.05) is 49.3 Å². The highest BCUT2D eigenvalue weighted by atomic mass is 16.5. The Bertz CT molecular complexity index is 1190. The number of rotatable bonds is 2. The average Bonchev–Trinajstić information content (AvgIpc) is 3.66. The molecule has 5 aliphatic heterocycles. The molecule has 0 amide bonds. The number of ether oxygens (including phenoxy) is 2. The lowest BCUT2D eigenvalue weighted by Gasteiger charge is -2.41. The minimum atomic E-state index is 0.108. The topological polar surface area (TPSA) is 102 Å². The van der Waals surface area contributed by atoms with E-state index < -0.39 is 0 Å². The van der Waals surface area contributed by atoms with Gasteiger partial charge in [0.05, 0.1) is 49.1 Å². The molecule has 3 saturated heterocycles. The van der Waals surface area contributed by atoms with Crippen LogP contribution in [-0.2, 0) is 22.4 Å². The van der Waals surface area contributed by atoms with Gasteiger partial charge in [-0.15, -0.1) is 0 Å². The van der Waals surface area contributed by atoms with E-state index >= 15 is 0 Å². The Balaban J connectivity index is 1.09. The van der Waals surface area contributed by atoms with Gasteiger partial charge in [0, 0.05) is 49.3 Å². The van der Waals surface area contributed by atoms with Gasteiger partial charge in [-0.3, -0.25) is 9.98 Å². The quantitative estimate of drug-likeness (QED) is 0.686. The first kappa shape index (κ1) is 22.6. The number of aryl methyl sites for hydroxylation is 1. The van der Waals surface area contributed by atoms with Crippen molar-refractivity contribution in [2.24, 2.45) is 16.1 Å². The third-order valence-corrected chi connectivity index (χ3v) is 9.01. The Kier molecular flexibility index (Phi) is 5.48. The van der Waals surface area contributed by atoms with E-state index in [4.69, 9.17) is 35.2 Å². The number of anilines is 2. The fourth-order valence-corrected chi connectivity index (χ4v) is 6.64. The van der Waals surface area contributed by atoms with E-state index in [1.807, 2.05) is 6.20 Å². The molecule has 1 spiro atoms. The van der Waals surface area contributed by atoms with Gasteiger partial charge in [-0.05, 0) is 51.2 Å². The maximum Gasteiger partial charge on any atom is 0.156 e. The van der Waals surface area contributed by atoms with Gasteiger partial charge in [0.1, 0.15) is 11.5 Å². The van der Waals surface area contributed by atoms with Crippen molar-refractivity contribution in [1.29, 1.82) is 0 Å². The monoisotopic (exact) mass is 489 g/mol. The first-order chi connectivity index (χ1) is 17.6. The summed E-state index contributed by atoms with van der Waals surface area (Å²) in [5, 5.41) is 0. The van der Waals surface area contributed by atoms with Gasteiger partial charge in [-0.25, -0.2) is 9.97 Å². The fraction of sp³-hybridized carbons (Fsp3) is 0.630. The molecule has 0 saturated carbocycles. The van der Waals surface area contributed by atoms with Gasteiger partial charge in [-0.1, -0.05) is 0 Å². The standard InChI is InChI=1S/C27H35N7O2/c1-17-25(28)27(16-36-17)7-10-33(11-8-27)23-14-29-24-21(32-23)13-30-26(24)34-9-2-3-20-22(34)5-4-19(31-20)18-6-12-35-15-18/h4-5,14,17-18,25H,2-3,6-13,15-16,28H2,1H3/t17-,18?,25+/m0/s1. The van der Waals surface area contributed by atoms with Gasteiger partial charge < -0.3 is 25.0 Å². The summed E-state index contributed by atoms with van der Waals surface area (Å²) in [6.07, 6.45) is 7.26. The zero-order valence-electron chi connectivity index (χ0n) is 21.0. The van der Waals surface area contributed by atoms with Crippen molar-refractivity contribution in [3.63, 3.8) is 0 Å². The summed E-state index contributed by atoms with van der Waals surface area (Å²) in [5.74, 6) is 2.30. The normalized spacial score (nSPS) is 28.9. The molecule has 3 atom stereocenters. The van der Waals surface area contributed by atoms with Crippen LogP contribution in [0.15, 0.2) is 23.3 Å². The Labute approximate surface area is 212 Å². The summed E-state index contributed by atoms with van der Waals surface area (Å²) < 4.78 is 11.5. The maximum atomic E-state index is 6.50. The summed E-state index contributed by atoms with van der Waals surface area (Å²) in [6, 6.07) is 4.51. The lowest BCUT2D eigenvalue weighted by atomic mass is 9.73. The molecule has 0 aromatic carbocycles. The van der Waals surface area contributed by atoms with Crippen LogP contribution in [0.2, 0.25) is 0 Å². The molecular weight excluding hydrogens is 454 g/mol. The van der Waals surface area contributed by atoms with Crippen LogP contribution >= 0.6 is 0 Å². The molecule has 3 fully saturated rings. The van der Waals surface area contributed by atoms with Crippen molar-refractivity contribution >= 4 is 17.3 Å². The number of nitrogens with two attached hydrogens (primary N) is 1. The van der Waals surface area contributed by atoms with Crippen molar-refractivity contribution in [3.8, 4) is 0 Å². The maximum absolute atomic E-state index is 6.50. The molecule has 9 nitrogen and oxygen atoms in total. The summed E-state index contributed by atoms with van der Waals surface area (Å²) in [5.41, 5.74) is 12.0. The SMILES string of the molecule is C[C@@H]1OCC2(CCN(c3cnc4c(n3)CN=C4N3CCCc4nc(C5CCOC5)ccc43)CC2)[C@@H]1N. The second-order valence-electron chi connectivity index (χ2n) is 11.1. The van der Waals surface area contributed by atoms with Crippen LogP contribution in [0.4, 0.5) is 11.5 Å². The molecule has 7 heterocycles. The van der Waals surface area contributed by atoms with E-state index in [0.29, 0.717) is 12.5 Å². The molecule has 1 unspecified atom stereocenters. The number of aliphatic imine (C=N–C) groups is 1. The molecule has 9 heteroatoms. The molecule has 190 valence electrons. The van der Waals surface area contributed by atoms with Crippen molar-refractivity contribution in [1.82, 2.24) is 15.0 Å². The van der Waals surface area contributed by atoms with Gasteiger partial charge in [0.2, 0.25) is 0 Å². The third-order valence-electron chi connectivity index (χ3n) is 9.01. The number of hydrogen-bond acceptors (Lipinski definition) is 9. The number of aromatic nitrogens is 3. The van der Waals surface area contributed by atoms with Gasteiger partial charge >= 0.3 is 0 Å². The van der Waals surface area contributed by atoms with Crippen LogP contribution in [0.5, 0.6) is 0 Å². The van der Waals surface area contributed by atoms with Crippen LogP contribution in [0.25, 0.3) is 0 Å². The zero-order chi connectivity index (χ0) is 24.3. The van der Waals surface area contributed by atoms with E-state index in [1.165, 1.54) is 0 Å². The average molecular weight is 490 g/mol. The van der Waals surface area contributed by atoms with Crippen molar-refractivity contribution in [2.45, 2.75) is 63.6 Å². The smallest absolute Gasteiger partial charge is 0.156 e. The predicted octanol–water partition coefficient (Wildman–Crippen LogP) is 2.42. The van der Waals surface area contributed by atoms with Crippen LogP contribution < -0.4 is 15.5 Å². The molecule has 2 aromatic heterocycles. The summed E-state index contributed by atoms with van der Waals surface area (Å²) >= 11 is 0.